The van der Waals surface area contributed by atoms with Crippen LogP contribution in [0.4, 0.5) is 5.82 Å². The molecule has 1 heterocycles. The fraction of sp³-hybridized carbons (Fsp3) is 0.636. The van der Waals surface area contributed by atoms with Crippen molar-refractivity contribution in [1.82, 2.24) is 15.1 Å². The lowest BCUT2D eigenvalue weighted by atomic mass is 10.1. The number of nitrogens with zero attached hydrogens (tertiary/aromatic N) is 3. The van der Waals surface area contributed by atoms with Gasteiger partial charge in [-0.05, 0) is 11.3 Å². The Morgan fingerprint density at radius 3 is 2.95 bits per heavy atom. The molecule has 0 aliphatic carbocycles. The summed E-state index contributed by atoms with van der Waals surface area (Å²) in [5, 5.41) is 16.9. The molecule has 1 amide bonds. The molecule has 0 bridgehead atoms. The molecule has 0 aliphatic heterocycles. The quantitative estimate of drug-likeness (QED) is 0.524. The third kappa shape index (κ3) is 5.04. The second kappa shape index (κ2) is 7.47. The summed E-state index contributed by atoms with van der Waals surface area (Å²) in [7, 11) is 0. The molecule has 1 aromatic rings. The number of hydrogen-bond donors (Lipinski definition) is 2. The molecule has 8 heteroatoms. The van der Waals surface area contributed by atoms with Crippen molar-refractivity contribution < 1.29 is 9.72 Å². The number of nitrogens with two attached hydrogens (primary N) is 1. The zero-order valence-corrected chi connectivity index (χ0v) is 10.9. The average Bonchev–Trinajstić information content (AvgIpc) is 2.83. The third-order valence-electron chi connectivity index (χ3n) is 2.68. The number of hydrogen-bond acceptors (Lipinski definition) is 5. The van der Waals surface area contributed by atoms with Crippen LogP contribution in [0.25, 0.3) is 0 Å². The van der Waals surface area contributed by atoms with E-state index >= 15 is 0 Å². The first kappa shape index (κ1) is 15.1. The minimum absolute atomic E-state index is 0.0452. The molecule has 106 valence electrons. The summed E-state index contributed by atoms with van der Waals surface area (Å²) >= 11 is 0. The lowest BCUT2D eigenvalue weighted by molar-refractivity contribution is -0.389. The molecular formula is C11H19N5O3. The minimum atomic E-state index is -0.599. The SMILES string of the molecule is CCCCC(CN)NC(=O)Cn1ccc([N+](=O)[O-])n1. The van der Waals surface area contributed by atoms with Gasteiger partial charge in [-0.25, -0.2) is 0 Å². The highest BCUT2D eigenvalue weighted by atomic mass is 16.6. The van der Waals surface area contributed by atoms with E-state index in [0.29, 0.717) is 6.54 Å². The van der Waals surface area contributed by atoms with Crippen molar-refractivity contribution in [1.29, 1.82) is 0 Å². The maximum absolute atomic E-state index is 11.7. The molecule has 19 heavy (non-hydrogen) atoms. The molecule has 0 aromatic carbocycles. The number of amides is 1. The highest BCUT2D eigenvalue weighted by Gasteiger charge is 2.15. The summed E-state index contributed by atoms with van der Waals surface area (Å²) in [6.07, 6.45) is 4.27. The van der Waals surface area contributed by atoms with E-state index in [9.17, 15) is 14.9 Å². The van der Waals surface area contributed by atoms with Gasteiger partial charge in [0, 0.05) is 12.6 Å². The van der Waals surface area contributed by atoms with E-state index in [1.54, 1.807) is 0 Å². The van der Waals surface area contributed by atoms with Crippen molar-refractivity contribution in [2.24, 2.45) is 5.73 Å². The Morgan fingerprint density at radius 2 is 2.42 bits per heavy atom. The number of unbranched alkanes of at least 4 members (excludes halogenated alkanes) is 1. The van der Waals surface area contributed by atoms with Gasteiger partial charge in [0.15, 0.2) is 0 Å². The van der Waals surface area contributed by atoms with Crippen LogP contribution in [0.5, 0.6) is 0 Å². The molecule has 0 radical (unpaired) electrons. The van der Waals surface area contributed by atoms with Crippen LogP contribution in [0.2, 0.25) is 0 Å². The normalized spacial score (nSPS) is 12.1. The molecule has 1 unspecified atom stereocenters. The monoisotopic (exact) mass is 269 g/mol. The zero-order chi connectivity index (χ0) is 14.3. The standard InChI is InChI=1S/C11H19N5O3/c1-2-3-4-9(7-12)13-11(17)8-15-6-5-10(14-15)16(18)19/h5-6,9H,2-4,7-8,12H2,1H3,(H,13,17). The number of aromatic nitrogens is 2. The molecule has 0 aliphatic rings. The van der Waals surface area contributed by atoms with Crippen LogP contribution in [-0.2, 0) is 11.3 Å². The van der Waals surface area contributed by atoms with Crippen LogP contribution in [0.15, 0.2) is 12.3 Å². The maximum atomic E-state index is 11.7. The molecule has 0 spiro atoms. The topological polar surface area (TPSA) is 116 Å². The maximum Gasteiger partial charge on any atom is 0.389 e. The average molecular weight is 269 g/mol. The van der Waals surface area contributed by atoms with Gasteiger partial charge in [0.25, 0.3) is 0 Å². The lowest BCUT2D eigenvalue weighted by Gasteiger charge is -2.15. The molecule has 3 N–H and O–H groups in total. The van der Waals surface area contributed by atoms with Gasteiger partial charge in [0.1, 0.15) is 6.54 Å². The Labute approximate surface area is 111 Å². The number of rotatable bonds is 8. The van der Waals surface area contributed by atoms with Gasteiger partial charge in [-0.1, -0.05) is 19.8 Å². The Morgan fingerprint density at radius 1 is 1.68 bits per heavy atom. The summed E-state index contributed by atoms with van der Waals surface area (Å²) in [5.74, 6) is -0.515. The summed E-state index contributed by atoms with van der Waals surface area (Å²) in [6, 6.07) is 1.20. The summed E-state index contributed by atoms with van der Waals surface area (Å²) in [5.41, 5.74) is 5.57. The fourth-order valence-electron chi connectivity index (χ4n) is 1.66. The second-order valence-corrected chi connectivity index (χ2v) is 4.27. The van der Waals surface area contributed by atoms with Crippen molar-refractivity contribution in [3.63, 3.8) is 0 Å². The van der Waals surface area contributed by atoms with Crippen LogP contribution in [0.1, 0.15) is 26.2 Å². The Balaban J connectivity index is 2.46. The molecule has 8 nitrogen and oxygen atoms in total. The van der Waals surface area contributed by atoms with Crippen LogP contribution < -0.4 is 11.1 Å². The van der Waals surface area contributed by atoms with Crippen molar-refractivity contribution in [2.75, 3.05) is 6.54 Å². The smallest absolute Gasteiger partial charge is 0.358 e. The number of nitrogens with one attached hydrogen (secondary N) is 1. The van der Waals surface area contributed by atoms with Crippen molar-refractivity contribution >= 4 is 11.7 Å². The highest BCUT2D eigenvalue weighted by molar-refractivity contribution is 5.76. The number of nitro groups is 1. The first-order valence-electron chi connectivity index (χ1n) is 6.24. The van der Waals surface area contributed by atoms with E-state index in [1.165, 1.54) is 16.9 Å². The van der Waals surface area contributed by atoms with E-state index in [-0.39, 0.29) is 24.3 Å². The zero-order valence-electron chi connectivity index (χ0n) is 10.9. The summed E-state index contributed by atoms with van der Waals surface area (Å²) < 4.78 is 1.24. The van der Waals surface area contributed by atoms with E-state index in [1.807, 2.05) is 0 Å². The van der Waals surface area contributed by atoms with Gasteiger partial charge in [0.2, 0.25) is 5.91 Å². The second-order valence-electron chi connectivity index (χ2n) is 4.27. The van der Waals surface area contributed by atoms with Gasteiger partial charge in [-0.3, -0.25) is 4.79 Å². The van der Waals surface area contributed by atoms with E-state index in [4.69, 9.17) is 5.73 Å². The predicted molar refractivity (Wildman–Crippen MR) is 69.4 cm³/mol. The molecular weight excluding hydrogens is 250 g/mol. The summed E-state index contributed by atoms with van der Waals surface area (Å²) in [6.45, 7) is 2.40. The van der Waals surface area contributed by atoms with E-state index < -0.39 is 4.92 Å². The molecule has 0 saturated heterocycles. The van der Waals surface area contributed by atoms with E-state index in [2.05, 4.69) is 17.3 Å². The van der Waals surface area contributed by atoms with Crippen molar-refractivity contribution in [3.8, 4) is 0 Å². The van der Waals surface area contributed by atoms with Gasteiger partial charge in [-0.2, -0.15) is 4.68 Å². The molecule has 1 aromatic heterocycles. The fourth-order valence-corrected chi connectivity index (χ4v) is 1.66. The van der Waals surface area contributed by atoms with Gasteiger partial charge < -0.3 is 21.2 Å². The Hall–Kier alpha value is -1.96. The summed E-state index contributed by atoms with van der Waals surface area (Å²) in [4.78, 5) is 21.6. The number of carbonyl (C=O) groups excluding carboxylic acids is 1. The minimum Gasteiger partial charge on any atom is -0.358 e. The third-order valence-corrected chi connectivity index (χ3v) is 2.68. The number of carbonyl (C=O) groups is 1. The molecule has 1 atom stereocenters. The van der Waals surface area contributed by atoms with Gasteiger partial charge in [0.05, 0.1) is 17.4 Å². The first-order chi connectivity index (χ1) is 9.06. The molecule has 0 saturated carbocycles. The first-order valence-corrected chi connectivity index (χ1v) is 6.24. The lowest BCUT2D eigenvalue weighted by Crippen LogP contribution is -2.41. The predicted octanol–water partition coefficient (Wildman–Crippen LogP) is 0.425. The Kier molecular flexibility index (Phi) is 5.94. The van der Waals surface area contributed by atoms with Crippen LogP contribution >= 0.6 is 0 Å². The van der Waals surface area contributed by atoms with Crippen LogP contribution in [0.3, 0.4) is 0 Å². The van der Waals surface area contributed by atoms with Crippen molar-refractivity contribution in [3.05, 3.63) is 22.4 Å². The van der Waals surface area contributed by atoms with Crippen LogP contribution in [0, 0.1) is 10.1 Å². The van der Waals surface area contributed by atoms with Crippen molar-refractivity contribution in [2.45, 2.75) is 38.8 Å². The van der Waals surface area contributed by atoms with Gasteiger partial charge in [-0.15, -0.1) is 0 Å². The van der Waals surface area contributed by atoms with Gasteiger partial charge >= 0.3 is 5.82 Å². The largest absolute Gasteiger partial charge is 0.389 e. The Bertz CT molecular complexity index is 432. The highest BCUT2D eigenvalue weighted by Crippen LogP contribution is 2.05. The molecule has 0 fully saturated rings. The van der Waals surface area contributed by atoms with E-state index in [0.717, 1.165) is 19.3 Å². The van der Waals surface area contributed by atoms with Crippen LogP contribution in [-0.4, -0.2) is 33.2 Å². The molecule has 1 rings (SSSR count).